The van der Waals surface area contributed by atoms with Crippen molar-refractivity contribution in [3.8, 4) is 29.2 Å². The number of benzene rings is 2. The summed E-state index contributed by atoms with van der Waals surface area (Å²) in [5.41, 5.74) is 9.07. The molecule has 19 heavy (non-hydrogen) atoms. The fourth-order valence-electron chi connectivity index (χ4n) is 2.60. The van der Waals surface area contributed by atoms with Crippen LogP contribution < -0.4 is 10.5 Å². The van der Waals surface area contributed by atoms with E-state index in [1.165, 1.54) is 0 Å². The van der Waals surface area contributed by atoms with Gasteiger partial charge in [-0.15, -0.1) is 6.42 Å². The fraction of sp³-hybridized carbons (Fsp3) is 0.0625. The zero-order chi connectivity index (χ0) is 13.4. The molecule has 1 aliphatic carbocycles. The van der Waals surface area contributed by atoms with E-state index in [0.717, 1.165) is 22.3 Å². The molecule has 0 saturated heterocycles. The lowest BCUT2D eigenvalue weighted by molar-refractivity contribution is 0.210. The molecule has 3 heteroatoms. The number of carbonyl (C=O) groups is 1. The summed E-state index contributed by atoms with van der Waals surface area (Å²) in [6.07, 6.45) is 4.81. The van der Waals surface area contributed by atoms with E-state index in [4.69, 9.17) is 16.9 Å². The highest BCUT2D eigenvalue weighted by atomic mass is 16.5. The molecule has 0 radical (unpaired) electrons. The minimum Gasteiger partial charge on any atom is -0.410 e. The molecule has 1 aliphatic rings. The van der Waals surface area contributed by atoms with E-state index < -0.39 is 6.09 Å². The summed E-state index contributed by atoms with van der Waals surface area (Å²) in [7, 11) is 0. The smallest absolute Gasteiger partial charge is 0.409 e. The molecule has 1 unspecified atom stereocenters. The molecule has 92 valence electrons. The van der Waals surface area contributed by atoms with Gasteiger partial charge in [-0.05, 0) is 22.8 Å². The van der Waals surface area contributed by atoms with E-state index in [-0.39, 0.29) is 5.92 Å². The van der Waals surface area contributed by atoms with E-state index in [1.54, 1.807) is 6.07 Å². The first-order chi connectivity index (χ1) is 9.22. The number of amides is 1. The molecule has 0 saturated carbocycles. The quantitative estimate of drug-likeness (QED) is 0.790. The molecule has 1 amide bonds. The highest BCUT2D eigenvalue weighted by molar-refractivity contribution is 5.83. The number of rotatable bonds is 1. The lowest BCUT2D eigenvalue weighted by Gasteiger charge is -2.10. The Balaban J connectivity index is 2.26. The van der Waals surface area contributed by atoms with Crippen LogP contribution in [-0.4, -0.2) is 6.09 Å². The van der Waals surface area contributed by atoms with Gasteiger partial charge in [0.05, 0.1) is 5.92 Å². The van der Waals surface area contributed by atoms with Crippen LogP contribution in [0.3, 0.4) is 0 Å². The minimum atomic E-state index is -0.833. The maximum Gasteiger partial charge on any atom is 0.409 e. The molecule has 1 atom stereocenters. The second-order valence-corrected chi connectivity index (χ2v) is 4.33. The predicted molar refractivity (Wildman–Crippen MR) is 72.8 cm³/mol. The summed E-state index contributed by atoms with van der Waals surface area (Å²) in [6, 6.07) is 13.4. The van der Waals surface area contributed by atoms with Crippen molar-refractivity contribution in [2.45, 2.75) is 5.92 Å². The largest absolute Gasteiger partial charge is 0.410 e. The lowest BCUT2D eigenvalue weighted by atomic mass is 9.97. The van der Waals surface area contributed by atoms with Gasteiger partial charge in [0.2, 0.25) is 0 Å². The summed E-state index contributed by atoms with van der Waals surface area (Å²) < 4.78 is 5.06. The highest BCUT2D eigenvalue weighted by Gasteiger charge is 2.30. The van der Waals surface area contributed by atoms with Gasteiger partial charge < -0.3 is 10.5 Å². The van der Waals surface area contributed by atoms with E-state index in [2.05, 4.69) is 5.92 Å². The number of ether oxygens (including phenoxy) is 1. The van der Waals surface area contributed by atoms with Crippen molar-refractivity contribution in [3.05, 3.63) is 53.6 Å². The first-order valence-electron chi connectivity index (χ1n) is 5.88. The van der Waals surface area contributed by atoms with Crippen LogP contribution >= 0.6 is 0 Å². The van der Waals surface area contributed by atoms with Gasteiger partial charge in [0.15, 0.2) is 0 Å². The summed E-state index contributed by atoms with van der Waals surface area (Å²) in [4.78, 5) is 11.0. The third-order valence-corrected chi connectivity index (χ3v) is 3.29. The van der Waals surface area contributed by atoms with E-state index in [9.17, 15) is 4.79 Å². The Morgan fingerprint density at radius 3 is 2.63 bits per heavy atom. The summed E-state index contributed by atoms with van der Waals surface area (Å²) in [5, 5.41) is 0. The van der Waals surface area contributed by atoms with Crippen LogP contribution in [0.15, 0.2) is 42.5 Å². The molecule has 0 fully saturated rings. The van der Waals surface area contributed by atoms with Crippen molar-refractivity contribution in [2.75, 3.05) is 0 Å². The Morgan fingerprint density at radius 1 is 1.16 bits per heavy atom. The average Bonchev–Trinajstić information content (AvgIpc) is 2.73. The van der Waals surface area contributed by atoms with Crippen LogP contribution in [0.25, 0.3) is 11.1 Å². The predicted octanol–water partition coefficient (Wildman–Crippen LogP) is 2.89. The summed E-state index contributed by atoms with van der Waals surface area (Å²) >= 11 is 0. The van der Waals surface area contributed by atoms with E-state index >= 15 is 0 Å². The van der Waals surface area contributed by atoms with E-state index in [0.29, 0.717) is 5.75 Å². The monoisotopic (exact) mass is 249 g/mol. The lowest BCUT2D eigenvalue weighted by Crippen LogP contribution is -2.17. The average molecular weight is 249 g/mol. The van der Waals surface area contributed by atoms with Crippen molar-refractivity contribution in [3.63, 3.8) is 0 Å². The number of carbonyl (C=O) groups excluding carboxylic acids is 1. The SMILES string of the molecule is C#CC1c2ccccc2-c2cccc(OC(N)=O)c21. The number of fused-ring (bicyclic) bond motifs is 3. The van der Waals surface area contributed by atoms with Crippen LogP contribution in [0.2, 0.25) is 0 Å². The molecule has 0 aliphatic heterocycles. The first-order valence-corrected chi connectivity index (χ1v) is 5.88. The van der Waals surface area contributed by atoms with E-state index in [1.807, 2.05) is 36.4 Å². The van der Waals surface area contributed by atoms with Gasteiger partial charge >= 0.3 is 6.09 Å². The number of primary amides is 1. The Kier molecular flexibility index (Phi) is 2.50. The molecule has 0 aromatic heterocycles. The molecule has 0 spiro atoms. The van der Waals surface area contributed by atoms with Crippen molar-refractivity contribution >= 4 is 6.09 Å². The van der Waals surface area contributed by atoms with Crippen molar-refractivity contribution in [1.29, 1.82) is 0 Å². The Morgan fingerprint density at radius 2 is 1.89 bits per heavy atom. The van der Waals surface area contributed by atoms with Crippen molar-refractivity contribution in [2.24, 2.45) is 5.73 Å². The zero-order valence-corrected chi connectivity index (χ0v) is 10.1. The van der Waals surface area contributed by atoms with Gasteiger partial charge in [-0.1, -0.05) is 42.3 Å². The van der Waals surface area contributed by atoms with Gasteiger partial charge in [-0.25, -0.2) is 4.79 Å². The normalized spacial score (nSPS) is 15.2. The first kappa shape index (κ1) is 11.4. The topological polar surface area (TPSA) is 52.3 Å². The number of hydrogen-bond donors (Lipinski definition) is 1. The number of hydrogen-bond acceptors (Lipinski definition) is 2. The minimum absolute atomic E-state index is 0.207. The van der Waals surface area contributed by atoms with Gasteiger partial charge in [-0.2, -0.15) is 0 Å². The molecule has 2 N–H and O–H groups in total. The molecule has 3 nitrogen and oxygen atoms in total. The maximum atomic E-state index is 11.0. The van der Waals surface area contributed by atoms with Gasteiger partial charge in [0.1, 0.15) is 5.75 Å². The second kappa shape index (κ2) is 4.18. The summed E-state index contributed by atoms with van der Waals surface area (Å²) in [5.74, 6) is 2.99. The van der Waals surface area contributed by atoms with Crippen LogP contribution in [0.5, 0.6) is 5.75 Å². The zero-order valence-electron chi connectivity index (χ0n) is 10.1. The number of terminal acetylenes is 1. The molecule has 2 aromatic rings. The highest BCUT2D eigenvalue weighted by Crippen LogP contribution is 2.48. The Labute approximate surface area is 111 Å². The second-order valence-electron chi connectivity index (χ2n) is 4.33. The molecule has 3 rings (SSSR count). The van der Waals surface area contributed by atoms with Crippen molar-refractivity contribution in [1.82, 2.24) is 0 Å². The third kappa shape index (κ3) is 1.66. The van der Waals surface area contributed by atoms with Crippen LogP contribution in [0.1, 0.15) is 17.0 Å². The van der Waals surface area contributed by atoms with Gasteiger partial charge in [-0.3, -0.25) is 0 Å². The third-order valence-electron chi connectivity index (χ3n) is 3.29. The van der Waals surface area contributed by atoms with Crippen molar-refractivity contribution < 1.29 is 9.53 Å². The van der Waals surface area contributed by atoms with Crippen LogP contribution in [-0.2, 0) is 0 Å². The van der Waals surface area contributed by atoms with Gasteiger partial charge in [0, 0.05) is 5.56 Å². The van der Waals surface area contributed by atoms with Gasteiger partial charge in [0.25, 0.3) is 0 Å². The molecular formula is C16H11NO2. The Hall–Kier alpha value is -2.73. The van der Waals surface area contributed by atoms with Crippen LogP contribution in [0, 0.1) is 12.3 Å². The molecule has 0 bridgehead atoms. The maximum absolute atomic E-state index is 11.0. The molecule has 0 heterocycles. The standard InChI is InChI=1S/C16H11NO2/c1-2-10-11-6-3-4-7-12(11)13-8-5-9-14(15(10)13)19-16(17)18/h1,3-10H,(H2,17,18). The summed E-state index contributed by atoms with van der Waals surface area (Å²) in [6.45, 7) is 0. The van der Waals surface area contributed by atoms with Crippen LogP contribution in [0.4, 0.5) is 4.79 Å². The Bertz CT molecular complexity index is 713. The fourth-order valence-corrected chi connectivity index (χ4v) is 2.60. The molecule has 2 aromatic carbocycles. The molecular weight excluding hydrogens is 238 g/mol. The number of nitrogens with two attached hydrogens (primary N) is 1.